The molecule has 0 aromatic heterocycles. The second kappa shape index (κ2) is 4.90. The first-order valence-electron chi connectivity index (χ1n) is 6.10. The zero-order chi connectivity index (χ0) is 13.2. The molecule has 1 aliphatic rings. The zero-order valence-electron chi connectivity index (χ0n) is 10.3. The van der Waals surface area contributed by atoms with E-state index in [-0.39, 0.29) is 0 Å². The maximum Gasteiger partial charge on any atom is 0.103 e. The molecule has 3 heteroatoms. The molecule has 0 unspecified atom stereocenters. The zero-order valence-corrected chi connectivity index (χ0v) is 11.1. The third kappa shape index (κ3) is 2.40. The molecule has 0 saturated carbocycles. The topological polar surface area (TPSA) is 38.4 Å². The van der Waals surface area contributed by atoms with E-state index < -0.39 is 0 Å². The van der Waals surface area contributed by atoms with E-state index in [0.29, 0.717) is 12.3 Å². The Morgan fingerprint density at radius 3 is 2.63 bits per heavy atom. The maximum absolute atomic E-state index is 6.12. The summed E-state index contributed by atoms with van der Waals surface area (Å²) in [5.74, 6) is 0.620. The highest BCUT2D eigenvalue weighted by molar-refractivity contribution is 6.30. The molecule has 0 radical (unpaired) electrons. The molecule has 19 heavy (non-hydrogen) atoms. The summed E-state index contributed by atoms with van der Waals surface area (Å²) in [6.45, 7) is 0. The summed E-state index contributed by atoms with van der Waals surface area (Å²) < 4.78 is 0. The molecule has 0 bridgehead atoms. The molecule has 0 saturated heterocycles. The Balaban J connectivity index is 2.21. The van der Waals surface area contributed by atoms with Crippen molar-refractivity contribution in [3.8, 4) is 0 Å². The van der Waals surface area contributed by atoms with Crippen molar-refractivity contribution in [1.29, 1.82) is 0 Å². The third-order valence-corrected chi connectivity index (χ3v) is 3.41. The van der Waals surface area contributed by atoms with Crippen molar-refractivity contribution in [2.45, 2.75) is 6.42 Å². The van der Waals surface area contributed by atoms with Crippen LogP contribution in [0, 0.1) is 0 Å². The van der Waals surface area contributed by atoms with Gasteiger partial charge in [0.15, 0.2) is 0 Å². The number of fused-ring (bicyclic) bond motifs is 1. The number of aliphatic imine (C=N–C) groups is 1. The highest BCUT2D eigenvalue weighted by Gasteiger charge is 2.14. The first-order valence-corrected chi connectivity index (χ1v) is 6.48. The van der Waals surface area contributed by atoms with Crippen LogP contribution in [-0.4, -0.2) is 5.84 Å². The Hall–Kier alpha value is -2.06. The van der Waals surface area contributed by atoms with Crippen LogP contribution in [0.1, 0.15) is 16.7 Å². The van der Waals surface area contributed by atoms with Gasteiger partial charge in [0.2, 0.25) is 0 Å². The molecule has 0 spiro atoms. The van der Waals surface area contributed by atoms with Gasteiger partial charge in [-0.3, -0.25) is 0 Å². The van der Waals surface area contributed by atoms with E-state index in [1.807, 2.05) is 42.6 Å². The van der Waals surface area contributed by atoms with Gasteiger partial charge in [0.05, 0.1) is 0 Å². The fraction of sp³-hybridized carbons (Fsp3) is 0.0625. The summed E-state index contributed by atoms with van der Waals surface area (Å²) in [5.41, 5.74) is 10.3. The number of hydrogen-bond acceptors (Lipinski definition) is 2. The summed E-state index contributed by atoms with van der Waals surface area (Å²) in [4.78, 5) is 4.32. The number of rotatable bonds is 1. The lowest BCUT2D eigenvalue weighted by atomic mass is 9.94. The van der Waals surface area contributed by atoms with Crippen molar-refractivity contribution in [3.63, 3.8) is 0 Å². The number of nitrogens with zero attached hydrogens (tertiary/aromatic N) is 1. The average molecular weight is 269 g/mol. The largest absolute Gasteiger partial charge is 0.387 e. The van der Waals surface area contributed by atoms with Crippen molar-refractivity contribution in [1.82, 2.24) is 0 Å². The molecule has 0 fully saturated rings. The molecular weight excluding hydrogens is 256 g/mol. The number of benzene rings is 2. The van der Waals surface area contributed by atoms with Gasteiger partial charge in [0.25, 0.3) is 0 Å². The lowest BCUT2D eigenvalue weighted by Crippen LogP contribution is -2.14. The van der Waals surface area contributed by atoms with Gasteiger partial charge in [-0.05, 0) is 28.8 Å². The van der Waals surface area contributed by atoms with Gasteiger partial charge < -0.3 is 5.73 Å². The Morgan fingerprint density at radius 1 is 1.05 bits per heavy atom. The SMILES string of the molecule is NC1=NC=C(c2ccccc2)c2cc(Cl)ccc2C1. The molecule has 2 aromatic carbocycles. The lowest BCUT2D eigenvalue weighted by Gasteiger charge is -2.11. The minimum absolute atomic E-state index is 0.620. The summed E-state index contributed by atoms with van der Waals surface area (Å²) in [7, 11) is 0. The highest BCUT2D eigenvalue weighted by atomic mass is 35.5. The first kappa shape index (κ1) is 12.0. The van der Waals surface area contributed by atoms with Gasteiger partial charge in [-0.1, -0.05) is 48.0 Å². The molecule has 3 rings (SSSR count). The van der Waals surface area contributed by atoms with Gasteiger partial charge in [-0.25, -0.2) is 4.99 Å². The average Bonchev–Trinajstić information content (AvgIpc) is 2.58. The molecule has 2 aromatic rings. The minimum Gasteiger partial charge on any atom is -0.387 e. The van der Waals surface area contributed by atoms with Crippen molar-refractivity contribution in [2.24, 2.45) is 10.7 Å². The first-order chi connectivity index (χ1) is 9.24. The fourth-order valence-electron chi connectivity index (χ4n) is 2.26. The summed E-state index contributed by atoms with van der Waals surface area (Å²) in [5, 5.41) is 0.723. The van der Waals surface area contributed by atoms with E-state index in [1.165, 1.54) is 0 Å². The molecule has 1 aliphatic heterocycles. The van der Waals surface area contributed by atoms with Crippen LogP contribution in [0.3, 0.4) is 0 Å². The molecular formula is C16H13ClN2. The molecule has 94 valence electrons. The van der Waals surface area contributed by atoms with Crippen LogP contribution in [0.4, 0.5) is 0 Å². The minimum atomic E-state index is 0.620. The van der Waals surface area contributed by atoms with E-state index in [1.54, 1.807) is 0 Å². The van der Waals surface area contributed by atoms with Gasteiger partial charge >= 0.3 is 0 Å². The second-order valence-electron chi connectivity index (χ2n) is 4.51. The van der Waals surface area contributed by atoms with Crippen molar-refractivity contribution in [3.05, 3.63) is 76.4 Å². The van der Waals surface area contributed by atoms with Gasteiger partial charge in [-0.2, -0.15) is 0 Å². The third-order valence-electron chi connectivity index (χ3n) is 3.18. The van der Waals surface area contributed by atoms with Gasteiger partial charge in [-0.15, -0.1) is 0 Å². The number of amidine groups is 1. The summed E-state index contributed by atoms with van der Waals surface area (Å²) in [6.07, 6.45) is 2.48. The predicted octanol–water partition coefficient (Wildman–Crippen LogP) is 3.64. The molecule has 2 N–H and O–H groups in total. The van der Waals surface area contributed by atoms with Crippen LogP contribution in [0.5, 0.6) is 0 Å². The van der Waals surface area contributed by atoms with E-state index >= 15 is 0 Å². The quantitative estimate of drug-likeness (QED) is 0.842. The Kier molecular flexibility index (Phi) is 3.10. The van der Waals surface area contributed by atoms with E-state index in [4.69, 9.17) is 17.3 Å². The molecule has 0 atom stereocenters. The van der Waals surface area contributed by atoms with Crippen molar-refractivity contribution in [2.75, 3.05) is 0 Å². The second-order valence-corrected chi connectivity index (χ2v) is 4.94. The van der Waals surface area contributed by atoms with E-state index in [2.05, 4.69) is 17.1 Å². The Morgan fingerprint density at radius 2 is 1.84 bits per heavy atom. The van der Waals surface area contributed by atoms with Crippen LogP contribution in [0.15, 0.2) is 59.7 Å². The van der Waals surface area contributed by atoms with E-state index in [9.17, 15) is 0 Å². The standard InChI is InChI=1S/C16H13ClN2/c17-13-7-6-12-8-16(18)19-10-15(14(12)9-13)11-4-2-1-3-5-11/h1-7,9-10H,8H2,(H2,18,19). The van der Waals surface area contributed by atoms with Gasteiger partial charge in [0, 0.05) is 23.2 Å². The molecule has 1 heterocycles. The van der Waals surface area contributed by atoms with Crippen molar-refractivity contribution < 1.29 is 0 Å². The van der Waals surface area contributed by atoms with Crippen LogP contribution in [0.25, 0.3) is 5.57 Å². The van der Waals surface area contributed by atoms with Crippen LogP contribution in [-0.2, 0) is 6.42 Å². The normalized spacial score (nSPS) is 14.2. The highest BCUT2D eigenvalue weighted by Crippen LogP contribution is 2.30. The fourth-order valence-corrected chi connectivity index (χ4v) is 2.43. The maximum atomic E-state index is 6.12. The smallest absolute Gasteiger partial charge is 0.103 e. The van der Waals surface area contributed by atoms with Crippen molar-refractivity contribution >= 4 is 23.0 Å². The van der Waals surface area contributed by atoms with Crippen LogP contribution in [0.2, 0.25) is 5.02 Å². The van der Waals surface area contributed by atoms with Gasteiger partial charge in [0.1, 0.15) is 5.84 Å². The van der Waals surface area contributed by atoms with Crippen LogP contribution < -0.4 is 5.73 Å². The molecule has 0 aliphatic carbocycles. The predicted molar refractivity (Wildman–Crippen MR) is 80.3 cm³/mol. The summed E-state index contributed by atoms with van der Waals surface area (Å²) in [6, 6.07) is 16.0. The molecule has 0 amide bonds. The summed E-state index contributed by atoms with van der Waals surface area (Å²) >= 11 is 6.12. The monoisotopic (exact) mass is 268 g/mol. The lowest BCUT2D eigenvalue weighted by molar-refractivity contribution is 1.28. The molecule has 2 nitrogen and oxygen atoms in total. The Bertz CT molecular complexity index is 672. The van der Waals surface area contributed by atoms with E-state index in [0.717, 1.165) is 27.3 Å². The van der Waals surface area contributed by atoms with Crippen LogP contribution >= 0.6 is 11.6 Å². The number of hydrogen-bond donors (Lipinski definition) is 1. The number of halogens is 1. The Labute approximate surface area is 117 Å². The number of nitrogens with two attached hydrogens (primary N) is 1.